The molecule has 0 bridgehead atoms. The number of nitrogens with zero attached hydrogens (tertiary/aromatic N) is 1. The minimum atomic E-state index is -3.24. The van der Waals surface area contributed by atoms with E-state index in [4.69, 9.17) is 0 Å². The van der Waals surface area contributed by atoms with E-state index in [-0.39, 0.29) is 6.04 Å². The van der Waals surface area contributed by atoms with Crippen LogP contribution in [0.25, 0.3) is 0 Å². The van der Waals surface area contributed by atoms with E-state index in [1.165, 1.54) is 4.31 Å². The van der Waals surface area contributed by atoms with Crippen LogP contribution in [0.15, 0.2) is 0 Å². The maximum Gasteiger partial charge on any atom is 0.279 e. The van der Waals surface area contributed by atoms with Crippen LogP contribution in [0, 0.1) is 0 Å². The smallest absolute Gasteiger partial charge is 0.202 e. The van der Waals surface area contributed by atoms with Gasteiger partial charge in [-0.05, 0) is 13.8 Å². The van der Waals surface area contributed by atoms with Crippen molar-refractivity contribution in [2.24, 2.45) is 0 Å². The summed E-state index contributed by atoms with van der Waals surface area (Å²) in [5, 5.41) is 0. The molecular weight excluding hydrogens is 176 g/mol. The molecule has 0 heterocycles. The molecule has 0 radical (unpaired) electrons. The Hall–Kier alpha value is -0.130. The zero-order valence-electron chi connectivity index (χ0n) is 8.16. The van der Waals surface area contributed by atoms with Crippen molar-refractivity contribution in [1.82, 2.24) is 9.03 Å². The van der Waals surface area contributed by atoms with Crippen LogP contribution >= 0.6 is 0 Å². The molecule has 0 fully saturated rings. The highest BCUT2D eigenvalue weighted by Gasteiger charge is 2.21. The van der Waals surface area contributed by atoms with E-state index in [9.17, 15) is 8.42 Å². The molecule has 1 N–H and O–H groups in total. The van der Waals surface area contributed by atoms with Crippen LogP contribution in [0.2, 0.25) is 0 Å². The average molecular weight is 194 g/mol. The van der Waals surface area contributed by atoms with Crippen LogP contribution in [0.4, 0.5) is 0 Å². The largest absolute Gasteiger partial charge is 0.279 e. The third-order valence-electron chi connectivity index (χ3n) is 1.52. The fraction of sp³-hybridized carbons (Fsp3) is 1.00. The van der Waals surface area contributed by atoms with Gasteiger partial charge in [0.2, 0.25) is 0 Å². The minimum Gasteiger partial charge on any atom is -0.202 e. The van der Waals surface area contributed by atoms with Gasteiger partial charge < -0.3 is 0 Å². The highest BCUT2D eigenvalue weighted by atomic mass is 32.2. The van der Waals surface area contributed by atoms with Gasteiger partial charge in [0, 0.05) is 19.1 Å². The van der Waals surface area contributed by atoms with Crippen LogP contribution in [-0.2, 0) is 10.2 Å². The van der Waals surface area contributed by atoms with Gasteiger partial charge >= 0.3 is 0 Å². The van der Waals surface area contributed by atoms with Crippen LogP contribution in [0.3, 0.4) is 0 Å². The summed E-state index contributed by atoms with van der Waals surface area (Å²) in [6.07, 6.45) is 0. The van der Waals surface area contributed by atoms with Crippen molar-refractivity contribution in [3.8, 4) is 0 Å². The molecule has 0 saturated heterocycles. The van der Waals surface area contributed by atoms with Gasteiger partial charge in [-0.1, -0.05) is 13.8 Å². The summed E-state index contributed by atoms with van der Waals surface area (Å²) in [5.74, 6) is 0. The molecule has 0 unspecified atom stereocenters. The lowest BCUT2D eigenvalue weighted by molar-refractivity contribution is 0.363. The molecule has 0 amide bonds. The molecule has 0 saturated carbocycles. The zero-order chi connectivity index (χ0) is 9.78. The second-order valence-corrected chi connectivity index (χ2v) is 4.51. The van der Waals surface area contributed by atoms with Gasteiger partial charge in [-0.15, -0.1) is 0 Å². The maximum atomic E-state index is 11.4. The van der Waals surface area contributed by atoms with Crippen molar-refractivity contribution in [3.63, 3.8) is 0 Å². The standard InChI is InChI=1S/C7H18N2O2S/c1-5-8-12(10,11)9(6-2)7(3)4/h7-8H,5-6H2,1-4H3. The van der Waals surface area contributed by atoms with E-state index < -0.39 is 10.2 Å². The van der Waals surface area contributed by atoms with Crippen LogP contribution in [0.1, 0.15) is 27.7 Å². The second kappa shape index (κ2) is 4.79. The first-order chi connectivity index (χ1) is 5.45. The van der Waals surface area contributed by atoms with E-state index in [2.05, 4.69) is 4.72 Å². The molecule has 0 spiro atoms. The first kappa shape index (κ1) is 11.9. The Bertz CT molecular complexity index is 211. The Morgan fingerprint density at radius 3 is 2.08 bits per heavy atom. The Kier molecular flexibility index (Phi) is 4.74. The highest BCUT2D eigenvalue weighted by Crippen LogP contribution is 2.03. The van der Waals surface area contributed by atoms with Gasteiger partial charge in [0.1, 0.15) is 0 Å². The normalized spacial score (nSPS) is 12.8. The van der Waals surface area contributed by atoms with Crippen LogP contribution in [0.5, 0.6) is 0 Å². The topological polar surface area (TPSA) is 49.4 Å². The molecule has 0 aliphatic rings. The van der Waals surface area contributed by atoms with Crippen molar-refractivity contribution >= 4 is 10.2 Å². The van der Waals surface area contributed by atoms with Crippen molar-refractivity contribution in [3.05, 3.63) is 0 Å². The summed E-state index contributed by atoms with van der Waals surface area (Å²) < 4.78 is 26.7. The summed E-state index contributed by atoms with van der Waals surface area (Å²) >= 11 is 0. The van der Waals surface area contributed by atoms with Gasteiger partial charge in [0.05, 0.1) is 0 Å². The summed E-state index contributed by atoms with van der Waals surface area (Å²) in [5.41, 5.74) is 0. The Labute approximate surface area is 75.1 Å². The monoisotopic (exact) mass is 194 g/mol. The van der Waals surface area contributed by atoms with E-state index in [0.717, 1.165) is 0 Å². The maximum absolute atomic E-state index is 11.4. The van der Waals surface area contributed by atoms with Gasteiger partial charge in [0.15, 0.2) is 0 Å². The van der Waals surface area contributed by atoms with Crippen molar-refractivity contribution in [2.45, 2.75) is 33.7 Å². The van der Waals surface area contributed by atoms with E-state index >= 15 is 0 Å². The number of nitrogens with one attached hydrogen (secondary N) is 1. The molecule has 0 aromatic rings. The van der Waals surface area contributed by atoms with Crippen molar-refractivity contribution < 1.29 is 8.42 Å². The number of hydrogen-bond acceptors (Lipinski definition) is 2. The summed E-state index contributed by atoms with van der Waals surface area (Å²) in [6.45, 7) is 8.26. The second-order valence-electron chi connectivity index (χ2n) is 2.80. The van der Waals surface area contributed by atoms with Crippen molar-refractivity contribution in [1.29, 1.82) is 0 Å². The van der Waals surface area contributed by atoms with Crippen molar-refractivity contribution in [2.75, 3.05) is 13.1 Å². The molecule has 5 heteroatoms. The Balaban J connectivity index is 4.49. The fourth-order valence-electron chi connectivity index (χ4n) is 1.08. The molecule has 0 rings (SSSR count). The molecule has 0 aromatic heterocycles. The van der Waals surface area contributed by atoms with E-state index in [0.29, 0.717) is 13.1 Å². The molecule has 0 aliphatic heterocycles. The van der Waals surface area contributed by atoms with Crippen LogP contribution in [-0.4, -0.2) is 31.9 Å². The minimum absolute atomic E-state index is 0.0130. The molecular formula is C7H18N2O2S. The molecule has 74 valence electrons. The van der Waals surface area contributed by atoms with Gasteiger partial charge in [-0.2, -0.15) is 12.7 Å². The zero-order valence-corrected chi connectivity index (χ0v) is 8.98. The van der Waals surface area contributed by atoms with E-state index in [1.807, 2.05) is 20.8 Å². The third-order valence-corrected chi connectivity index (χ3v) is 3.47. The summed E-state index contributed by atoms with van der Waals surface area (Å²) in [7, 11) is -3.24. The van der Waals surface area contributed by atoms with Crippen LogP contribution < -0.4 is 4.72 Å². The lowest BCUT2D eigenvalue weighted by atomic mass is 10.4. The Morgan fingerprint density at radius 2 is 1.83 bits per heavy atom. The lowest BCUT2D eigenvalue weighted by Crippen LogP contribution is -2.44. The molecule has 4 nitrogen and oxygen atoms in total. The number of hydrogen-bond donors (Lipinski definition) is 1. The quantitative estimate of drug-likeness (QED) is 0.695. The predicted molar refractivity (Wildman–Crippen MR) is 50.1 cm³/mol. The van der Waals surface area contributed by atoms with Gasteiger partial charge in [-0.25, -0.2) is 4.72 Å². The SMILES string of the molecule is CCNS(=O)(=O)N(CC)C(C)C. The average Bonchev–Trinajstić information content (AvgIpc) is 1.86. The van der Waals surface area contributed by atoms with Gasteiger partial charge in [0.25, 0.3) is 10.2 Å². The lowest BCUT2D eigenvalue weighted by Gasteiger charge is -2.23. The molecule has 0 aromatic carbocycles. The molecule has 0 atom stereocenters. The fourth-order valence-corrected chi connectivity index (χ4v) is 2.50. The third kappa shape index (κ3) is 3.08. The number of rotatable bonds is 5. The molecule has 12 heavy (non-hydrogen) atoms. The highest BCUT2D eigenvalue weighted by molar-refractivity contribution is 7.87. The van der Waals surface area contributed by atoms with E-state index in [1.54, 1.807) is 6.92 Å². The summed E-state index contributed by atoms with van der Waals surface area (Å²) in [4.78, 5) is 0. The van der Waals surface area contributed by atoms with Gasteiger partial charge in [-0.3, -0.25) is 0 Å². The Morgan fingerprint density at radius 1 is 1.33 bits per heavy atom. The summed E-state index contributed by atoms with van der Waals surface area (Å²) in [6, 6.07) is 0.0130. The first-order valence-electron chi connectivity index (χ1n) is 4.22. The first-order valence-corrected chi connectivity index (χ1v) is 5.66. The predicted octanol–water partition coefficient (Wildman–Crippen LogP) is 0.571. The molecule has 0 aliphatic carbocycles.